The molecule has 0 bridgehead atoms. The van der Waals surface area contributed by atoms with E-state index in [0.717, 1.165) is 0 Å². The van der Waals surface area contributed by atoms with E-state index in [9.17, 15) is 40.1 Å². The number of aliphatic hydroxyl groups is 2. The first-order valence-electron chi connectivity index (χ1n) is 14.7. The summed E-state index contributed by atoms with van der Waals surface area (Å²) < 4.78 is 23.1. The topological polar surface area (TPSA) is 196 Å². The summed E-state index contributed by atoms with van der Waals surface area (Å²) in [7, 11) is 1.34. The average Bonchev–Trinajstić information content (AvgIpc) is 3.02. The maximum Gasteiger partial charge on any atom is 0.202 e. The molecule has 2 aliphatic heterocycles. The molecule has 7 atom stereocenters. The lowest BCUT2D eigenvalue weighted by Crippen LogP contribution is -2.60. The van der Waals surface area contributed by atoms with Gasteiger partial charge in [0.25, 0.3) is 0 Å². The Bertz CT molecular complexity index is 1630. The van der Waals surface area contributed by atoms with E-state index >= 15 is 0 Å². The molecule has 0 saturated carbocycles. The molecule has 6 rings (SSSR count). The number of nitrogens with zero attached hydrogens (tertiary/aromatic N) is 2. The number of Topliss-reactive ketones (excluding diaryl/α,β-unsaturated/α-hetero) is 1. The van der Waals surface area contributed by atoms with Crippen molar-refractivity contribution in [3.8, 4) is 23.3 Å². The highest BCUT2D eigenvalue weighted by atomic mass is 16.7. The summed E-state index contributed by atoms with van der Waals surface area (Å²) in [5.41, 5.74) is -3.19. The second-order valence-electron chi connectivity index (χ2n) is 12.0. The van der Waals surface area contributed by atoms with Crippen molar-refractivity contribution in [2.45, 2.75) is 75.4 Å². The predicted octanol–water partition coefficient (Wildman–Crippen LogP) is 1.29. The molecule has 2 aliphatic carbocycles. The number of hydrogen-bond donors (Lipinski definition) is 4. The number of ketones is 3. The van der Waals surface area contributed by atoms with Crippen molar-refractivity contribution in [1.29, 1.82) is 5.26 Å². The van der Waals surface area contributed by atoms with Gasteiger partial charge in [-0.15, -0.1) is 0 Å². The van der Waals surface area contributed by atoms with Crippen LogP contribution in [0, 0.1) is 11.3 Å². The highest BCUT2D eigenvalue weighted by Gasteiger charge is 2.50. The number of nitriles is 1. The van der Waals surface area contributed by atoms with Gasteiger partial charge in [-0.25, -0.2) is 0 Å². The van der Waals surface area contributed by atoms with Gasteiger partial charge in [0.05, 0.1) is 61.4 Å². The molecule has 45 heavy (non-hydrogen) atoms. The van der Waals surface area contributed by atoms with Crippen LogP contribution in [0.2, 0.25) is 0 Å². The van der Waals surface area contributed by atoms with Gasteiger partial charge in [-0.2, -0.15) is 5.26 Å². The van der Waals surface area contributed by atoms with Crippen LogP contribution >= 0.6 is 0 Å². The van der Waals surface area contributed by atoms with E-state index in [4.69, 9.17) is 18.9 Å². The van der Waals surface area contributed by atoms with Crippen LogP contribution in [0.5, 0.6) is 17.2 Å². The van der Waals surface area contributed by atoms with Crippen LogP contribution in [-0.4, -0.2) is 106 Å². The molecule has 2 saturated heterocycles. The number of methoxy groups -OCH3 is 1. The van der Waals surface area contributed by atoms with Crippen molar-refractivity contribution >= 4 is 17.3 Å². The van der Waals surface area contributed by atoms with E-state index < -0.39 is 88.7 Å². The van der Waals surface area contributed by atoms with Gasteiger partial charge in [-0.3, -0.25) is 19.3 Å². The zero-order valence-corrected chi connectivity index (χ0v) is 25.0. The number of carbonyl (C=O) groups excluding carboxylic acids is 3. The molecule has 0 spiro atoms. The van der Waals surface area contributed by atoms with Gasteiger partial charge in [0.15, 0.2) is 17.9 Å². The van der Waals surface area contributed by atoms with Gasteiger partial charge in [-0.05, 0) is 19.9 Å². The summed E-state index contributed by atoms with van der Waals surface area (Å²) >= 11 is 0. The van der Waals surface area contributed by atoms with E-state index in [0.29, 0.717) is 13.2 Å². The standard InChI is InChI=1S/C32H34N2O11/c1-14-27(36)19(34-7-8-43-13-16(34)12-33)9-22(44-14)45-21-11-32(41,15(2)35)10-18-24(21)31(40)26-25(29(18)38)28(37)17-5-4-6-20(42-3)23(17)30(26)39/h4-6,14,16,19,21-22,27,36,38,40-41H,7-11,13H2,1-3H3/t14-,16?,19-,21+,22-,27+,32?/m1/s1. The third-order valence-electron chi connectivity index (χ3n) is 9.47. The maximum atomic E-state index is 13.8. The van der Waals surface area contributed by atoms with E-state index in [2.05, 4.69) is 6.07 Å². The monoisotopic (exact) mass is 622 g/mol. The van der Waals surface area contributed by atoms with Gasteiger partial charge >= 0.3 is 0 Å². The molecular weight excluding hydrogens is 588 g/mol. The number of fused-ring (bicyclic) bond motifs is 3. The van der Waals surface area contributed by atoms with E-state index in [1.807, 2.05) is 4.90 Å². The Kier molecular flexibility index (Phi) is 7.93. The highest BCUT2D eigenvalue weighted by Crippen LogP contribution is 2.52. The minimum Gasteiger partial charge on any atom is -0.507 e. The molecule has 13 heteroatoms. The second kappa shape index (κ2) is 11.5. The van der Waals surface area contributed by atoms with Crippen molar-refractivity contribution < 1.29 is 53.8 Å². The summed E-state index contributed by atoms with van der Waals surface area (Å²) in [5.74, 6) is -3.27. The van der Waals surface area contributed by atoms with E-state index in [1.54, 1.807) is 6.92 Å². The normalized spacial score (nSPS) is 31.4. The number of rotatable bonds is 5. The van der Waals surface area contributed by atoms with Gasteiger partial charge in [0.2, 0.25) is 5.78 Å². The van der Waals surface area contributed by atoms with E-state index in [-0.39, 0.29) is 47.5 Å². The molecule has 2 fully saturated rings. The van der Waals surface area contributed by atoms with Crippen molar-refractivity contribution in [3.63, 3.8) is 0 Å². The lowest BCUT2D eigenvalue weighted by atomic mass is 9.72. The van der Waals surface area contributed by atoms with Crippen molar-refractivity contribution in [3.05, 3.63) is 51.6 Å². The molecule has 0 radical (unpaired) electrons. The van der Waals surface area contributed by atoms with Gasteiger partial charge < -0.3 is 39.4 Å². The number of morpholine rings is 1. The number of phenolic OH excluding ortho intramolecular Hbond substituents is 2. The van der Waals surface area contributed by atoms with Crippen LogP contribution in [0.3, 0.4) is 0 Å². The molecule has 2 heterocycles. The Morgan fingerprint density at radius 3 is 2.58 bits per heavy atom. The minimum atomic E-state index is -2.05. The fourth-order valence-corrected chi connectivity index (χ4v) is 7.06. The molecule has 4 N–H and O–H groups in total. The number of phenols is 2. The largest absolute Gasteiger partial charge is 0.507 e. The number of aromatic hydroxyl groups is 2. The lowest BCUT2D eigenvalue weighted by Gasteiger charge is -2.47. The molecule has 13 nitrogen and oxygen atoms in total. The van der Waals surface area contributed by atoms with Crippen LogP contribution in [0.15, 0.2) is 18.2 Å². The number of hydrogen-bond acceptors (Lipinski definition) is 13. The van der Waals surface area contributed by atoms with Gasteiger partial charge in [0.1, 0.15) is 28.9 Å². The molecule has 4 aliphatic rings. The Labute approximate surface area is 258 Å². The number of benzene rings is 2. The minimum absolute atomic E-state index is 0.0279. The summed E-state index contributed by atoms with van der Waals surface area (Å²) in [4.78, 5) is 42.1. The Morgan fingerprint density at radius 2 is 1.89 bits per heavy atom. The van der Waals surface area contributed by atoms with Crippen molar-refractivity contribution in [2.24, 2.45) is 0 Å². The van der Waals surface area contributed by atoms with Crippen LogP contribution in [0.25, 0.3) is 0 Å². The fourth-order valence-electron chi connectivity index (χ4n) is 7.06. The van der Waals surface area contributed by atoms with Gasteiger partial charge in [0, 0.05) is 48.5 Å². The van der Waals surface area contributed by atoms with Crippen molar-refractivity contribution in [1.82, 2.24) is 4.90 Å². The highest BCUT2D eigenvalue weighted by molar-refractivity contribution is 6.31. The molecule has 0 amide bonds. The number of ether oxygens (including phenoxy) is 4. The Morgan fingerprint density at radius 1 is 1.16 bits per heavy atom. The SMILES string of the molecule is COc1cccc2c1C(=O)c1c(O)c3c(c(O)c1C2=O)CC(O)(C(C)=O)C[C@@H]3O[C@@H]1C[C@@H](N2CCOCC2C#N)[C@@H](O)[C@@H](C)O1. The summed E-state index contributed by atoms with van der Waals surface area (Å²) in [6, 6.07) is 5.44. The number of aliphatic hydroxyl groups excluding tert-OH is 1. The third kappa shape index (κ3) is 4.89. The van der Waals surface area contributed by atoms with Crippen LogP contribution in [0.4, 0.5) is 0 Å². The quantitative estimate of drug-likeness (QED) is 0.298. The zero-order valence-electron chi connectivity index (χ0n) is 25.0. The van der Waals surface area contributed by atoms with E-state index in [1.165, 1.54) is 32.2 Å². The summed E-state index contributed by atoms with van der Waals surface area (Å²) in [5, 5.41) is 55.4. The summed E-state index contributed by atoms with van der Waals surface area (Å²) in [6.07, 6.45) is -4.80. The first-order chi connectivity index (χ1) is 21.4. The smallest absolute Gasteiger partial charge is 0.202 e. The Hall–Kier alpha value is -3.90. The summed E-state index contributed by atoms with van der Waals surface area (Å²) in [6.45, 7) is 3.74. The fraction of sp³-hybridized carbons (Fsp3) is 0.500. The molecule has 0 aromatic heterocycles. The lowest BCUT2D eigenvalue weighted by molar-refractivity contribution is -0.262. The maximum absolute atomic E-state index is 13.8. The molecule has 2 unspecified atom stereocenters. The molecule has 2 aromatic rings. The third-order valence-corrected chi connectivity index (χ3v) is 9.47. The average molecular weight is 623 g/mol. The van der Waals surface area contributed by atoms with Gasteiger partial charge in [-0.1, -0.05) is 12.1 Å². The first kappa shape index (κ1) is 31.1. The van der Waals surface area contributed by atoms with Crippen LogP contribution in [0.1, 0.15) is 75.8 Å². The zero-order chi connectivity index (χ0) is 32.4. The molecule has 238 valence electrons. The predicted molar refractivity (Wildman–Crippen MR) is 153 cm³/mol. The first-order valence-corrected chi connectivity index (χ1v) is 14.7. The second-order valence-corrected chi connectivity index (χ2v) is 12.0. The number of carbonyl (C=O) groups is 3. The molecular formula is C32H34N2O11. The molecule has 2 aromatic carbocycles. The Balaban J connectivity index is 1.44. The van der Waals surface area contributed by atoms with Crippen molar-refractivity contribution in [2.75, 3.05) is 26.9 Å². The van der Waals surface area contributed by atoms with Crippen LogP contribution < -0.4 is 4.74 Å². The van der Waals surface area contributed by atoms with Crippen LogP contribution in [-0.2, 0) is 25.4 Å².